The van der Waals surface area contributed by atoms with E-state index in [9.17, 15) is 4.79 Å². The van der Waals surface area contributed by atoms with Crippen molar-refractivity contribution in [1.29, 1.82) is 0 Å². The van der Waals surface area contributed by atoms with Gasteiger partial charge in [0.25, 0.3) is 5.91 Å². The molecule has 1 aliphatic rings. The Labute approximate surface area is 96.0 Å². The fraction of sp³-hybridized carbons (Fsp3) is 0.500. The SMILES string of the molecule is O=C(c1cccs1)N1CCCC1CBr. The third-order valence-corrected chi connectivity index (χ3v) is 4.15. The lowest BCUT2D eigenvalue weighted by molar-refractivity contribution is 0.0755. The van der Waals surface area contributed by atoms with Crippen molar-refractivity contribution in [2.24, 2.45) is 0 Å². The minimum atomic E-state index is 0.196. The Morgan fingerprint density at radius 3 is 3.21 bits per heavy atom. The summed E-state index contributed by atoms with van der Waals surface area (Å²) in [6.45, 7) is 0.910. The molecule has 0 aromatic carbocycles. The molecule has 1 aromatic rings. The molecule has 0 saturated carbocycles. The Kier molecular flexibility index (Phi) is 3.23. The largest absolute Gasteiger partial charge is 0.334 e. The molecule has 0 N–H and O–H groups in total. The van der Waals surface area contributed by atoms with E-state index in [2.05, 4.69) is 15.9 Å². The van der Waals surface area contributed by atoms with E-state index in [1.54, 1.807) is 0 Å². The first-order chi connectivity index (χ1) is 6.83. The molecule has 1 aromatic heterocycles. The first kappa shape index (κ1) is 10.2. The number of hydrogen-bond donors (Lipinski definition) is 0. The van der Waals surface area contributed by atoms with Crippen LogP contribution < -0.4 is 0 Å². The van der Waals surface area contributed by atoms with Gasteiger partial charge in [0.05, 0.1) is 4.88 Å². The summed E-state index contributed by atoms with van der Waals surface area (Å²) in [6.07, 6.45) is 2.26. The highest BCUT2D eigenvalue weighted by Gasteiger charge is 2.28. The second kappa shape index (κ2) is 4.45. The molecule has 1 saturated heterocycles. The van der Waals surface area contributed by atoms with E-state index in [0.717, 1.165) is 29.6 Å². The Balaban J connectivity index is 2.11. The van der Waals surface area contributed by atoms with E-state index in [1.165, 1.54) is 11.3 Å². The summed E-state index contributed by atoms with van der Waals surface area (Å²) in [7, 11) is 0. The van der Waals surface area contributed by atoms with Gasteiger partial charge in [0, 0.05) is 17.9 Å². The van der Waals surface area contributed by atoms with Crippen molar-refractivity contribution in [3.8, 4) is 0 Å². The maximum Gasteiger partial charge on any atom is 0.264 e. The molecule has 2 nitrogen and oxygen atoms in total. The minimum Gasteiger partial charge on any atom is -0.334 e. The second-order valence-corrected chi connectivity index (χ2v) is 5.02. The number of carbonyl (C=O) groups is 1. The second-order valence-electron chi connectivity index (χ2n) is 3.43. The molecule has 0 bridgehead atoms. The molecule has 1 fully saturated rings. The summed E-state index contributed by atoms with van der Waals surface area (Å²) in [4.78, 5) is 14.8. The van der Waals surface area contributed by atoms with Gasteiger partial charge in [0.15, 0.2) is 0 Å². The van der Waals surface area contributed by atoms with Crippen molar-refractivity contribution in [3.63, 3.8) is 0 Å². The van der Waals surface area contributed by atoms with Crippen LogP contribution in [0.1, 0.15) is 22.5 Å². The van der Waals surface area contributed by atoms with Crippen molar-refractivity contribution in [2.45, 2.75) is 18.9 Å². The molecule has 1 aliphatic heterocycles. The van der Waals surface area contributed by atoms with Crippen molar-refractivity contribution >= 4 is 33.2 Å². The zero-order chi connectivity index (χ0) is 9.97. The van der Waals surface area contributed by atoms with Crippen LogP contribution >= 0.6 is 27.3 Å². The van der Waals surface area contributed by atoms with Gasteiger partial charge in [-0.15, -0.1) is 11.3 Å². The number of nitrogens with zero attached hydrogens (tertiary/aromatic N) is 1. The highest BCUT2D eigenvalue weighted by molar-refractivity contribution is 9.09. The molecule has 14 heavy (non-hydrogen) atoms. The maximum atomic E-state index is 12.0. The standard InChI is InChI=1S/C10H12BrNOS/c11-7-8-3-1-5-12(8)10(13)9-4-2-6-14-9/h2,4,6,8H,1,3,5,7H2. The van der Waals surface area contributed by atoms with E-state index < -0.39 is 0 Å². The molecular formula is C10H12BrNOS. The summed E-state index contributed by atoms with van der Waals surface area (Å²) in [6, 6.07) is 4.22. The monoisotopic (exact) mass is 273 g/mol. The zero-order valence-corrected chi connectivity index (χ0v) is 10.2. The fourth-order valence-electron chi connectivity index (χ4n) is 1.81. The van der Waals surface area contributed by atoms with Crippen molar-refractivity contribution in [1.82, 2.24) is 4.90 Å². The van der Waals surface area contributed by atoms with Crippen LogP contribution in [-0.4, -0.2) is 28.7 Å². The summed E-state index contributed by atoms with van der Waals surface area (Å²) < 4.78 is 0. The molecular weight excluding hydrogens is 262 g/mol. The first-order valence-electron chi connectivity index (χ1n) is 4.73. The third-order valence-electron chi connectivity index (χ3n) is 2.55. The minimum absolute atomic E-state index is 0.196. The van der Waals surface area contributed by atoms with Gasteiger partial charge in [-0.2, -0.15) is 0 Å². The molecule has 0 spiro atoms. The average Bonchev–Trinajstić information content (AvgIpc) is 2.87. The molecule has 2 heterocycles. The molecule has 1 atom stereocenters. The van der Waals surface area contributed by atoms with E-state index in [4.69, 9.17) is 0 Å². The van der Waals surface area contributed by atoms with Gasteiger partial charge in [0.1, 0.15) is 0 Å². The number of likely N-dealkylation sites (tertiary alicyclic amines) is 1. The summed E-state index contributed by atoms with van der Waals surface area (Å²) >= 11 is 4.98. The van der Waals surface area contributed by atoms with Crippen LogP contribution in [0.2, 0.25) is 0 Å². The molecule has 2 rings (SSSR count). The Hall–Kier alpha value is -0.350. The van der Waals surface area contributed by atoms with E-state index in [0.29, 0.717) is 6.04 Å². The van der Waals surface area contributed by atoms with Gasteiger partial charge in [-0.3, -0.25) is 4.79 Å². The Bertz CT molecular complexity index is 312. The lowest BCUT2D eigenvalue weighted by Crippen LogP contribution is -2.35. The van der Waals surface area contributed by atoms with E-state index in [1.807, 2.05) is 22.4 Å². The van der Waals surface area contributed by atoms with Gasteiger partial charge in [0.2, 0.25) is 0 Å². The van der Waals surface area contributed by atoms with Crippen LogP contribution in [0, 0.1) is 0 Å². The lowest BCUT2D eigenvalue weighted by atomic mass is 10.2. The smallest absolute Gasteiger partial charge is 0.264 e. The average molecular weight is 274 g/mol. The van der Waals surface area contributed by atoms with E-state index in [-0.39, 0.29) is 5.91 Å². The predicted octanol–water partition coefficient (Wildman–Crippen LogP) is 2.75. The first-order valence-corrected chi connectivity index (χ1v) is 6.73. The predicted molar refractivity (Wildman–Crippen MR) is 62.2 cm³/mol. The summed E-state index contributed by atoms with van der Waals surface area (Å²) in [5.41, 5.74) is 0. The zero-order valence-electron chi connectivity index (χ0n) is 7.78. The van der Waals surface area contributed by atoms with Gasteiger partial charge < -0.3 is 4.90 Å². The Morgan fingerprint density at radius 2 is 2.57 bits per heavy atom. The van der Waals surface area contributed by atoms with Crippen LogP contribution in [-0.2, 0) is 0 Å². The topological polar surface area (TPSA) is 20.3 Å². The van der Waals surface area contributed by atoms with Gasteiger partial charge in [-0.05, 0) is 24.3 Å². The number of carbonyl (C=O) groups excluding carboxylic acids is 1. The molecule has 0 aliphatic carbocycles. The van der Waals surface area contributed by atoms with Crippen molar-refractivity contribution in [3.05, 3.63) is 22.4 Å². The fourth-order valence-corrected chi connectivity index (χ4v) is 3.16. The molecule has 1 amide bonds. The van der Waals surface area contributed by atoms with E-state index >= 15 is 0 Å². The highest BCUT2D eigenvalue weighted by atomic mass is 79.9. The van der Waals surface area contributed by atoms with Crippen LogP contribution in [0.4, 0.5) is 0 Å². The quantitative estimate of drug-likeness (QED) is 0.759. The number of alkyl halides is 1. The van der Waals surface area contributed by atoms with Crippen LogP contribution in [0.5, 0.6) is 0 Å². The molecule has 0 radical (unpaired) electrons. The number of thiophene rings is 1. The third kappa shape index (κ3) is 1.86. The Morgan fingerprint density at radius 1 is 1.71 bits per heavy atom. The van der Waals surface area contributed by atoms with Crippen molar-refractivity contribution < 1.29 is 4.79 Å². The molecule has 1 unspecified atom stereocenters. The highest BCUT2D eigenvalue weighted by Crippen LogP contribution is 2.23. The number of halogens is 1. The maximum absolute atomic E-state index is 12.0. The summed E-state index contributed by atoms with van der Waals surface area (Å²) in [5.74, 6) is 0.196. The number of amides is 1. The van der Waals surface area contributed by atoms with Crippen LogP contribution in [0.25, 0.3) is 0 Å². The van der Waals surface area contributed by atoms with Crippen LogP contribution in [0.15, 0.2) is 17.5 Å². The van der Waals surface area contributed by atoms with Crippen LogP contribution in [0.3, 0.4) is 0 Å². The number of rotatable bonds is 2. The van der Waals surface area contributed by atoms with Crippen molar-refractivity contribution in [2.75, 3.05) is 11.9 Å². The molecule has 76 valence electrons. The molecule has 4 heteroatoms. The number of hydrogen-bond acceptors (Lipinski definition) is 2. The summed E-state index contributed by atoms with van der Waals surface area (Å²) in [5, 5.41) is 2.84. The van der Waals surface area contributed by atoms with Gasteiger partial charge in [-0.25, -0.2) is 0 Å². The van der Waals surface area contributed by atoms with Gasteiger partial charge >= 0.3 is 0 Å². The van der Waals surface area contributed by atoms with Gasteiger partial charge in [-0.1, -0.05) is 22.0 Å². The lowest BCUT2D eigenvalue weighted by Gasteiger charge is -2.22. The normalized spacial score (nSPS) is 21.5.